The molecule has 2 atom stereocenters. The van der Waals surface area contributed by atoms with Crippen molar-refractivity contribution in [1.29, 1.82) is 0 Å². The summed E-state index contributed by atoms with van der Waals surface area (Å²) in [6.45, 7) is 4.78. The molecule has 0 saturated carbocycles. The number of allylic oxidation sites excluding steroid dienone is 16. The molecule has 0 bridgehead atoms. The Balaban J connectivity index is 4.11. The lowest BCUT2D eigenvalue weighted by Crippen LogP contribution is -2.40. The van der Waals surface area contributed by atoms with Crippen LogP contribution in [0.2, 0.25) is 0 Å². The molecule has 2 unspecified atom stereocenters. The highest BCUT2D eigenvalue weighted by molar-refractivity contribution is 5.71. The van der Waals surface area contributed by atoms with Crippen molar-refractivity contribution in [2.24, 2.45) is 0 Å². The lowest BCUT2D eigenvalue weighted by molar-refractivity contribution is -0.870. The number of unbranched alkanes of at least 4 members (excludes halogenated alkanes) is 34. The van der Waals surface area contributed by atoms with Gasteiger partial charge in [0.2, 0.25) is 0 Å². The van der Waals surface area contributed by atoms with Crippen molar-refractivity contribution in [3.8, 4) is 0 Å². The average Bonchev–Trinajstić information content (AvgIpc) is 3.49. The number of quaternary nitrogens is 1. The predicted octanol–water partition coefficient (Wildman–Crippen LogP) is 22.0. The maximum atomic E-state index is 13.0. The van der Waals surface area contributed by atoms with E-state index in [-0.39, 0.29) is 32.2 Å². The van der Waals surface area contributed by atoms with E-state index < -0.39 is 24.3 Å². The summed E-state index contributed by atoms with van der Waals surface area (Å²) in [5.74, 6) is -2.00. The zero-order chi connectivity index (χ0) is 61.9. The van der Waals surface area contributed by atoms with Crippen LogP contribution >= 0.6 is 0 Å². The number of aliphatic carboxylic acids is 1. The highest BCUT2D eigenvalue weighted by Gasteiger charge is 2.25. The number of carboxylic acid groups (broad SMARTS) is 1. The molecule has 0 aromatic heterocycles. The van der Waals surface area contributed by atoms with Crippen molar-refractivity contribution in [2.45, 2.75) is 322 Å². The van der Waals surface area contributed by atoms with Gasteiger partial charge in [0.1, 0.15) is 13.2 Å². The van der Waals surface area contributed by atoms with Crippen molar-refractivity contribution in [2.75, 3.05) is 47.5 Å². The second-order valence-electron chi connectivity index (χ2n) is 24.8. The van der Waals surface area contributed by atoms with Gasteiger partial charge in [-0.15, -0.1) is 0 Å². The summed E-state index contributed by atoms with van der Waals surface area (Å²) < 4.78 is 23.0. The molecule has 0 aliphatic carbocycles. The molecule has 0 radical (unpaired) electrons. The van der Waals surface area contributed by atoms with E-state index in [9.17, 15) is 19.5 Å². The number of carboxylic acids is 1. The van der Waals surface area contributed by atoms with Crippen LogP contribution in [0.5, 0.6) is 0 Å². The summed E-state index contributed by atoms with van der Waals surface area (Å²) >= 11 is 0. The lowest BCUT2D eigenvalue weighted by Gasteiger charge is -2.25. The monoisotopic (exact) mass is 1190 g/mol. The van der Waals surface area contributed by atoms with Gasteiger partial charge >= 0.3 is 17.9 Å². The fourth-order valence-corrected chi connectivity index (χ4v) is 9.93. The summed E-state index contributed by atoms with van der Waals surface area (Å²) in [7, 11) is 5.98. The first-order chi connectivity index (χ1) is 41.6. The molecule has 0 aromatic carbocycles. The van der Waals surface area contributed by atoms with Gasteiger partial charge in [-0.3, -0.25) is 9.59 Å². The van der Waals surface area contributed by atoms with Crippen LogP contribution in [0.15, 0.2) is 97.2 Å². The highest BCUT2D eigenvalue weighted by Crippen LogP contribution is 2.17. The van der Waals surface area contributed by atoms with Crippen LogP contribution in [-0.4, -0.2) is 87.4 Å². The minimum Gasteiger partial charge on any atom is -0.477 e. The SMILES string of the molecule is CC/C=C\C/C=C\C/C=C\C/C=C\C/C=C\C/C=C\CCCCCCCCCCCCCCCCC(=O)OC(COC(=O)CCCCCCCCCCCCCCCCC/C=C\C/C=C\CCCCCCC)COC(OCC[N+](C)(C)C)C(=O)O. The number of nitrogens with zero attached hydrogens (tertiary/aromatic N) is 1. The fourth-order valence-electron chi connectivity index (χ4n) is 9.93. The van der Waals surface area contributed by atoms with Gasteiger partial charge in [0.15, 0.2) is 6.10 Å². The molecule has 0 amide bonds. The Labute approximate surface area is 524 Å². The van der Waals surface area contributed by atoms with Crippen LogP contribution in [0.3, 0.4) is 0 Å². The summed E-state index contributed by atoms with van der Waals surface area (Å²) in [6.07, 6.45) is 88.0. The first-order valence-corrected chi connectivity index (χ1v) is 35.4. The minimum absolute atomic E-state index is 0.183. The van der Waals surface area contributed by atoms with Crippen molar-refractivity contribution >= 4 is 17.9 Å². The molecule has 0 aromatic rings. The Hall–Kier alpha value is -3.79. The lowest BCUT2D eigenvalue weighted by atomic mass is 10.0. The molecule has 1 N–H and O–H groups in total. The molecule has 0 spiro atoms. The van der Waals surface area contributed by atoms with E-state index in [2.05, 4.69) is 111 Å². The van der Waals surface area contributed by atoms with E-state index >= 15 is 0 Å². The Morgan fingerprint density at radius 1 is 0.365 bits per heavy atom. The number of hydrogen-bond acceptors (Lipinski definition) is 7. The molecular formula is C76H134NO8+. The van der Waals surface area contributed by atoms with Gasteiger partial charge in [-0.1, -0.05) is 297 Å². The summed E-state index contributed by atoms with van der Waals surface area (Å²) in [6, 6.07) is 0. The first-order valence-electron chi connectivity index (χ1n) is 35.4. The van der Waals surface area contributed by atoms with E-state index in [0.29, 0.717) is 17.4 Å². The van der Waals surface area contributed by atoms with E-state index in [1.807, 2.05) is 21.1 Å². The maximum Gasteiger partial charge on any atom is 0.361 e. The van der Waals surface area contributed by atoms with Crippen LogP contribution < -0.4 is 0 Å². The third kappa shape index (κ3) is 67.6. The molecule has 0 rings (SSSR count). The molecule has 9 heteroatoms. The van der Waals surface area contributed by atoms with Crippen molar-refractivity contribution < 1.29 is 42.9 Å². The van der Waals surface area contributed by atoms with Gasteiger partial charge in [0.05, 0.1) is 34.4 Å². The van der Waals surface area contributed by atoms with Crippen molar-refractivity contribution in [1.82, 2.24) is 0 Å². The number of ether oxygens (including phenoxy) is 4. The summed E-state index contributed by atoms with van der Waals surface area (Å²) in [5.41, 5.74) is 0. The number of rotatable bonds is 65. The third-order valence-electron chi connectivity index (χ3n) is 15.3. The molecule has 0 aliphatic rings. The van der Waals surface area contributed by atoms with E-state index in [1.54, 1.807) is 0 Å². The maximum absolute atomic E-state index is 13.0. The van der Waals surface area contributed by atoms with Gasteiger partial charge in [-0.2, -0.15) is 0 Å². The molecule has 0 heterocycles. The molecule has 85 heavy (non-hydrogen) atoms. The van der Waals surface area contributed by atoms with Crippen molar-refractivity contribution in [3.05, 3.63) is 97.2 Å². The number of likely N-dealkylation sites (N-methyl/N-ethyl adjacent to an activating group) is 1. The number of carbonyl (C=O) groups excluding carboxylic acids is 2. The van der Waals surface area contributed by atoms with Crippen LogP contribution in [-0.2, 0) is 33.3 Å². The van der Waals surface area contributed by atoms with Crippen LogP contribution in [0.1, 0.15) is 309 Å². The van der Waals surface area contributed by atoms with Crippen LogP contribution in [0, 0.1) is 0 Å². The van der Waals surface area contributed by atoms with E-state index in [0.717, 1.165) is 83.5 Å². The summed E-state index contributed by atoms with van der Waals surface area (Å²) in [4.78, 5) is 37.6. The van der Waals surface area contributed by atoms with Crippen LogP contribution in [0.25, 0.3) is 0 Å². The van der Waals surface area contributed by atoms with E-state index in [1.165, 1.54) is 199 Å². The smallest absolute Gasteiger partial charge is 0.361 e. The standard InChI is InChI=1S/C76H133NO8/c1-6-8-10-12-14-16-18-20-22-24-26-28-30-32-34-35-36-37-38-39-41-43-45-47-49-51-53-55-57-59-61-63-65-67-74(79)85-72(71-84-76(75(80)81)82-69-68-77(3,4)5)70-83-73(78)66-64-62-60-58-56-54-52-50-48-46-44-42-40-33-31-29-27-25-23-21-19-17-15-13-11-9-7-2/h8,10,14,16,19-22,25-28,32,34,36-37,72,76H,6-7,9,11-13,15,17-18,23-24,29-31,33,35,38-71H2,1-5H3/p+1/b10-8-,16-14-,21-19-,22-20-,27-25-,28-26-,34-32-,37-36-. The number of esters is 2. The normalized spacial score (nSPS) is 13.3. The van der Waals surface area contributed by atoms with Gasteiger partial charge < -0.3 is 28.5 Å². The number of hydrogen-bond donors (Lipinski definition) is 1. The second kappa shape index (κ2) is 66.2. The third-order valence-corrected chi connectivity index (χ3v) is 15.3. The van der Waals surface area contributed by atoms with Gasteiger partial charge in [-0.05, 0) is 96.3 Å². The van der Waals surface area contributed by atoms with Gasteiger partial charge in [-0.25, -0.2) is 4.79 Å². The largest absolute Gasteiger partial charge is 0.477 e. The second-order valence-corrected chi connectivity index (χ2v) is 24.8. The Morgan fingerprint density at radius 3 is 1.00 bits per heavy atom. The molecule has 0 aliphatic heterocycles. The average molecular weight is 1190 g/mol. The van der Waals surface area contributed by atoms with Gasteiger partial charge in [0.25, 0.3) is 6.29 Å². The summed E-state index contributed by atoms with van der Waals surface area (Å²) in [5, 5.41) is 9.75. The van der Waals surface area contributed by atoms with Gasteiger partial charge in [0, 0.05) is 12.8 Å². The predicted molar refractivity (Wildman–Crippen MR) is 364 cm³/mol. The minimum atomic E-state index is -1.51. The Bertz CT molecular complexity index is 1720. The molecule has 9 nitrogen and oxygen atoms in total. The highest BCUT2D eigenvalue weighted by atomic mass is 16.7. The zero-order valence-electron chi connectivity index (χ0n) is 56.0. The fraction of sp³-hybridized carbons (Fsp3) is 0.750. The molecular weight excluding hydrogens is 1050 g/mol. The van der Waals surface area contributed by atoms with Crippen molar-refractivity contribution in [3.63, 3.8) is 0 Å². The van der Waals surface area contributed by atoms with E-state index in [4.69, 9.17) is 18.9 Å². The Morgan fingerprint density at radius 2 is 0.671 bits per heavy atom. The number of carbonyl (C=O) groups is 3. The quantitative estimate of drug-likeness (QED) is 0.0211. The first kappa shape index (κ1) is 81.2. The molecule has 0 fully saturated rings. The molecule has 490 valence electrons. The Kier molecular flexibility index (Phi) is 63.2. The van der Waals surface area contributed by atoms with Crippen LogP contribution in [0.4, 0.5) is 0 Å². The molecule has 0 saturated heterocycles. The zero-order valence-corrected chi connectivity index (χ0v) is 56.0. The topological polar surface area (TPSA) is 108 Å².